The van der Waals surface area contributed by atoms with E-state index in [1.807, 2.05) is 32.7 Å². The lowest BCUT2D eigenvalue weighted by Gasteiger charge is -2.36. The first kappa shape index (κ1) is 27.5. The summed E-state index contributed by atoms with van der Waals surface area (Å²) < 4.78 is 0. The number of amides is 2. The lowest BCUT2D eigenvalue weighted by Crippen LogP contribution is -2.58. The molecule has 0 aliphatic carbocycles. The number of nitrogens with zero attached hydrogens (tertiary/aromatic N) is 2. The molecule has 1 fully saturated rings. The van der Waals surface area contributed by atoms with Crippen molar-refractivity contribution >= 4 is 29.5 Å². The molecule has 1 saturated heterocycles. The maximum absolute atomic E-state index is 12.9. The number of aliphatic carboxylic acids is 1. The van der Waals surface area contributed by atoms with Crippen LogP contribution in [0.4, 0.5) is 0 Å². The van der Waals surface area contributed by atoms with Gasteiger partial charge in [-0.1, -0.05) is 47.1 Å². The van der Waals surface area contributed by atoms with Gasteiger partial charge in [0.1, 0.15) is 6.04 Å². The number of carbonyl (C=O) groups is 3. The first-order valence-corrected chi connectivity index (χ1v) is 11.3. The lowest BCUT2D eigenvalue weighted by molar-refractivity contribution is -0.139. The molecule has 1 rings (SSSR count). The largest absolute Gasteiger partial charge is 0.478 e. The molecule has 0 spiro atoms. The van der Waals surface area contributed by atoms with E-state index in [4.69, 9.17) is 5.11 Å². The number of likely N-dealkylation sites (N-methyl/N-ethyl adjacent to an activating group) is 2. The van der Waals surface area contributed by atoms with Gasteiger partial charge in [0.25, 0.3) is 0 Å². The summed E-state index contributed by atoms with van der Waals surface area (Å²) in [5, 5.41) is 11.9. The number of hydrogen-bond donors (Lipinski definition) is 2. The molecule has 2 amide bonds. The fourth-order valence-electron chi connectivity index (χ4n) is 2.60. The number of carbonyl (C=O) groups excluding carboxylic acids is 2. The summed E-state index contributed by atoms with van der Waals surface area (Å²) in [6.45, 7) is 11.6. The summed E-state index contributed by atoms with van der Waals surface area (Å²) >= 11 is 1.79. The van der Waals surface area contributed by atoms with Crippen LogP contribution in [-0.4, -0.2) is 77.0 Å². The third kappa shape index (κ3) is 9.67. The Kier molecular flexibility index (Phi) is 12.2. The second-order valence-electron chi connectivity index (χ2n) is 8.52. The van der Waals surface area contributed by atoms with Crippen molar-refractivity contribution in [1.29, 1.82) is 0 Å². The number of rotatable bonds is 6. The Balaban J connectivity index is 0.00000245. The third-order valence-corrected chi connectivity index (χ3v) is 5.56. The molecule has 1 heterocycles. The molecule has 1 aliphatic heterocycles. The zero-order valence-electron chi connectivity index (χ0n) is 19.2. The van der Waals surface area contributed by atoms with Gasteiger partial charge in [0.2, 0.25) is 11.8 Å². The number of carboxylic acids is 1. The van der Waals surface area contributed by atoms with Crippen molar-refractivity contribution in [3.8, 4) is 0 Å². The molecule has 7 nitrogen and oxygen atoms in total. The van der Waals surface area contributed by atoms with Gasteiger partial charge in [-0.3, -0.25) is 14.5 Å². The zero-order valence-corrected chi connectivity index (χ0v) is 20.1. The van der Waals surface area contributed by atoms with Gasteiger partial charge in [0.15, 0.2) is 0 Å². The van der Waals surface area contributed by atoms with Gasteiger partial charge in [0.05, 0.1) is 6.04 Å². The molecule has 1 aliphatic rings. The Morgan fingerprint density at radius 2 is 1.86 bits per heavy atom. The van der Waals surface area contributed by atoms with Crippen molar-refractivity contribution in [3.05, 3.63) is 11.6 Å². The van der Waals surface area contributed by atoms with Gasteiger partial charge < -0.3 is 15.3 Å². The average Bonchev–Trinajstić information content (AvgIpc) is 2.63. The van der Waals surface area contributed by atoms with Crippen molar-refractivity contribution in [2.24, 2.45) is 5.41 Å². The summed E-state index contributed by atoms with van der Waals surface area (Å²) in [6, 6.07) is -0.908. The minimum absolute atomic E-state index is 0.133. The smallest absolute Gasteiger partial charge is 0.331 e. The minimum Gasteiger partial charge on any atom is -0.478 e. The van der Waals surface area contributed by atoms with Crippen LogP contribution >= 0.6 is 11.8 Å². The average molecular weight is 430 g/mol. The maximum Gasteiger partial charge on any atom is 0.331 e. The Morgan fingerprint density at radius 1 is 1.31 bits per heavy atom. The second kappa shape index (κ2) is 12.9. The Hall–Kier alpha value is -1.54. The van der Waals surface area contributed by atoms with Crippen LogP contribution in [0, 0.1) is 5.41 Å². The van der Waals surface area contributed by atoms with Gasteiger partial charge in [-0.15, -0.1) is 11.8 Å². The molecule has 0 aromatic heterocycles. The third-order valence-electron chi connectivity index (χ3n) is 4.45. The van der Waals surface area contributed by atoms with E-state index >= 15 is 0 Å². The number of nitrogens with one attached hydrogen (secondary N) is 1. The molecule has 0 bridgehead atoms. The molecule has 0 aromatic rings. The van der Waals surface area contributed by atoms with Crippen molar-refractivity contribution in [3.63, 3.8) is 0 Å². The standard InChI is InChI=1S/C18H31N3O4S.C3H8/c1-12(17(24)25)7-9-20(5)16(23)14(18(2,3)4)19-15(22)13-8-10-26-11-21(13)6;1-3-2/h7,13-14H,8-11H2,1-6H3,(H,19,22)(H,24,25);3H2,1-2H3/b12-7+;. The van der Waals surface area contributed by atoms with Gasteiger partial charge in [-0.25, -0.2) is 4.79 Å². The summed E-state index contributed by atoms with van der Waals surface area (Å²) in [4.78, 5) is 39.9. The van der Waals surface area contributed by atoms with Gasteiger partial charge in [0, 0.05) is 25.0 Å². The highest BCUT2D eigenvalue weighted by atomic mass is 32.2. The Bertz CT molecular complexity index is 587. The Morgan fingerprint density at radius 3 is 2.31 bits per heavy atom. The van der Waals surface area contributed by atoms with E-state index in [1.165, 1.54) is 24.3 Å². The summed E-state index contributed by atoms with van der Waals surface area (Å²) in [7, 11) is 3.53. The van der Waals surface area contributed by atoms with Crippen LogP contribution in [0.5, 0.6) is 0 Å². The summed E-state index contributed by atoms with van der Waals surface area (Å²) in [6.07, 6.45) is 3.50. The van der Waals surface area contributed by atoms with Gasteiger partial charge >= 0.3 is 5.97 Å². The van der Waals surface area contributed by atoms with E-state index in [1.54, 1.807) is 18.8 Å². The molecule has 8 heteroatoms. The lowest BCUT2D eigenvalue weighted by atomic mass is 9.85. The fourth-order valence-corrected chi connectivity index (χ4v) is 3.59. The van der Waals surface area contributed by atoms with Crippen LogP contribution in [0.2, 0.25) is 0 Å². The van der Waals surface area contributed by atoms with Crippen LogP contribution in [-0.2, 0) is 14.4 Å². The van der Waals surface area contributed by atoms with Crippen molar-refractivity contribution in [2.75, 3.05) is 32.3 Å². The SMILES string of the molecule is C/C(=C\CN(C)C(=O)C(NC(=O)C1CCSCN1C)C(C)(C)C)C(=O)O.CCC. The first-order chi connectivity index (χ1) is 13.4. The highest BCUT2D eigenvalue weighted by Gasteiger charge is 2.37. The van der Waals surface area contributed by atoms with E-state index < -0.39 is 17.4 Å². The van der Waals surface area contributed by atoms with Crippen LogP contribution in [0.1, 0.15) is 54.4 Å². The number of carboxylic acid groups (broad SMARTS) is 1. The molecule has 0 radical (unpaired) electrons. The van der Waals surface area contributed by atoms with E-state index in [-0.39, 0.29) is 30.0 Å². The number of thioether (sulfide) groups is 1. The summed E-state index contributed by atoms with van der Waals surface area (Å²) in [5.74, 6) is 0.353. The monoisotopic (exact) mass is 429 g/mol. The van der Waals surface area contributed by atoms with E-state index in [0.717, 1.165) is 18.1 Å². The molecule has 29 heavy (non-hydrogen) atoms. The fraction of sp³-hybridized carbons (Fsp3) is 0.762. The molecule has 0 aromatic carbocycles. The number of hydrogen-bond acceptors (Lipinski definition) is 5. The second-order valence-corrected chi connectivity index (χ2v) is 9.60. The topological polar surface area (TPSA) is 90.0 Å². The predicted molar refractivity (Wildman–Crippen MR) is 120 cm³/mol. The molecular weight excluding hydrogens is 390 g/mol. The van der Waals surface area contributed by atoms with Crippen LogP contribution in [0.25, 0.3) is 0 Å². The van der Waals surface area contributed by atoms with Crippen LogP contribution < -0.4 is 5.32 Å². The van der Waals surface area contributed by atoms with E-state index in [2.05, 4.69) is 19.2 Å². The minimum atomic E-state index is -1.01. The molecule has 0 saturated carbocycles. The molecule has 2 atom stereocenters. The molecule has 2 N–H and O–H groups in total. The maximum atomic E-state index is 12.9. The van der Waals surface area contributed by atoms with Crippen LogP contribution in [0.15, 0.2) is 11.6 Å². The summed E-state index contributed by atoms with van der Waals surface area (Å²) in [5.41, 5.74) is -0.281. The first-order valence-electron chi connectivity index (χ1n) is 10.1. The van der Waals surface area contributed by atoms with Crippen molar-refractivity contribution in [2.45, 2.75) is 66.5 Å². The quantitative estimate of drug-likeness (QED) is 0.631. The van der Waals surface area contributed by atoms with E-state index in [0.29, 0.717) is 0 Å². The van der Waals surface area contributed by atoms with Crippen molar-refractivity contribution < 1.29 is 19.5 Å². The molecule has 168 valence electrons. The normalized spacial score (nSPS) is 18.9. The van der Waals surface area contributed by atoms with Crippen molar-refractivity contribution in [1.82, 2.24) is 15.1 Å². The van der Waals surface area contributed by atoms with Gasteiger partial charge in [-0.2, -0.15) is 0 Å². The van der Waals surface area contributed by atoms with Crippen LogP contribution in [0.3, 0.4) is 0 Å². The van der Waals surface area contributed by atoms with Gasteiger partial charge in [-0.05, 0) is 31.6 Å². The molecular formula is C21H39N3O4S. The highest BCUT2D eigenvalue weighted by Crippen LogP contribution is 2.23. The Labute approximate surface area is 180 Å². The zero-order chi connectivity index (χ0) is 22.8. The predicted octanol–water partition coefficient (Wildman–Crippen LogP) is 2.82. The van der Waals surface area contributed by atoms with E-state index in [9.17, 15) is 14.4 Å². The highest BCUT2D eigenvalue weighted by molar-refractivity contribution is 7.99. The molecule has 2 unspecified atom stereocenters.